The van der Waals surface area contributed by atoms with Crippen LogP contribution in [0.5, 0.6) is 5.88 Å². The number of para-hydroxylation sites is 1. The van der Waals surface area contributed by atoms with Crippen LogP contribution >= 0.6 is 0 Å². The van der Waals surface area contributed by atoms with Crippen molar-refractivity contribution >= 4 is 16.7 Å². The smallest absolute Gasteiger partial charge is 0.225 e. The number of oxime groups is 1. The maximum atomic E-state index is 8.84. The molecule has 0 aliphatic carbocycles. The van der Waals surface area contributed by atoms with E-state index < -0.39 is 0 Å². The quantitative estimate of drug-likeness (QED) is 0.382. The van der Waals surface area contributed by atoms with Crippen molar-refractivity contribution in [1.82, 2.24) is 4.98 Å². The minimum atomic E-state index is -0.00277. The van der Waals surface area contributed by atoms with Crippen LogP contribution in [-0.2, 0) is 0 Å². The average Bonchev–Trinajstić information content (AvgIpc) is 2.43. The number of pyridine rings is 1. The predicted molar refractivity (Wildman–Crippen MR) is 74.6 cm³/mol. The van der Waals surface area contributed by atoms with Gasteiger partial charge in [0.25, 0.3) is 0 Å². The Morgan fingerprint density at radius 2 is 2.16 bits per heavy atom. The molecule has 1 heterocycles. The summed E-state index contributed by atoms with van der Waals surface area (Å²) in [5.74, 6) is 0.758. The van der Waals surface area contributed by atoms with E-state index >= 15 is 0 Å². The number of hydrogen-bond donors (Lipinski definition) is 2. The fourth-order valence-corrected chi connectivity index (χ4v) is 1.69. The first kappa shape index (κ1) is 13.1. The summed E-state index contributed by atoms with van der Waals surface area (Å²) in [5.41, 5.74) is 6.99. The summed E-state index contributed by atoms with van der Waals surface area (Å²) >= 11 is 0. The number of nitrogens with two attached hydrogens (primary N) is 1. The highest BCUT2D eigenvalue weighted by molar-refractivity contribution is 6.02. The van der Waals surface area contributed by atoms with Crippen molar-refractivity contribution in [2.75, 3.05) is 6.61 Å². The van der Waals surface area contributed by atoms with Crippen molar-refractivity contribution in [3.63, 3.8) is 0 Å². The standard InChI is InChI=1S/C14H17N3O2/c1-9(2)8-19-14-11(13(15)17-18)7-10-5-3-4-6-12(10)16-14/h3-7,9,18H,8H2,1-2H3,(H2,15,17). The Bertz CT molecular complexity index is 609. The molecule has 0 saturated carbocycles. The van der Waals surface area contributed by atoms with E-state index in [1.165, 1.54) is 0 Å². The van der Waals surface area contributed by atoms with Gasteiger partial charge in [0, 0.05) is 5.39 Å². The molecule has 0 fully saturated rings. The van der Waals surface area contributed by atoms with E-state index in [1.807, 2.05) is 44.2 Å². The SMILES string of the molecule is CC(C)COc1nc2ccccc2cc1C(N)=NO. The van der Waals surface area contributed by atoms with Gasteiger partial charge in [0.05, 0.1) is 17.7 Å². The molecule has 19 heavy (non-hydrogen) atoms. The van der Waals surface area contributed by atoms with Gasteiger partial charge in [0.2, 0.25) is 5.88 Å². The highest BCUT2D eigenvalue weighted by Gasteiger charge is 2.12. The molecule has 0 saturated heterocycles. The van der Waals surface area contributed by atoms with Crippen LogP contribution in [-0.4, -0.2) is 22.6 Å². The molecule has 2 rings (SSSR count). The molecule has 0 atom stereocenters. The zero-order valence-electron chi connectivity index (χ0n) is 11.0. The lowest BCUT2D eigenvalue weighted by Gasteiger charge is -2.12. The summed E-state index contributed by atoms with van der Waals surface area (Å²) in [4.78, 5) is 4.42. The Kier molecular flexibility index (Phi) is 3.85. The highest BCUT2D eigenvalue weighted by atomic mass is 16.5. The van der Waals surface area contributed by atoms with Crippen LogP contribution in [0.2, 0.25) is 0 Å². The summed E-state index contributed by atoms with van der Waals surface area (Å²) in [6, 6.07) is 9.45. The second-order valence-electron chi connectivity index (χ2n) is 4.72. The number of aromatic nitrogens is 1. The fraction of sp³-hybridized carbons (Fsp3) is 0.286. The molecule has 0 amide bonds. The number of ether oxygens (including phenoxy) is 1. The van der Waals surface area contributed by atoms with E-state index in [2.05, 4.69) is 10.1 Å². The molecule has 2 aromatic rings. The lowest BCUT2D eigenvalue weighted by atomic mass is 10.1. The van der Waals surface area contributed by atoms with Gasteiger partial charge in [0.1, 0.15) is 0 Å². The first-order chi connectivity index (χ1) is 9.11. The summed E-state index contributed by atoms with van der Waals surface area (Å²) in [6.45, 7) is 4.62. The van der Waals surface area contributed by atoms with Gasteiger partial charge < -0.3 is 15.7 Å². The molecule has 1 aromatic carbocycles. The third-order valence-electron chi connectivity index (χ3n) is 2.63. The van der Waals surface area contributed by atoms with Gasteiger partial charge >= 0.3 is 0 Å². The van der Waals surface area contributed by atoms with Crippen LogP contribution < -0.4 is 10.5 Å². The summed E-state index contributed by atoms with van der Waals surface area (Å²) in [5, 5.41) is 12.8. The van der Waals surface area contributed by atoms with Crippen LogP contribution in [0.3, 0.4) is 0 Å². The Hall–Kier alpha value is -2.30. The lowest BCUT2D eigenvalue weighted by Crippen LogP contribution is -2.17. The maximum absolute atomic E-state index is 8.84. The normalized spacial score (nSPS) is 12.1. The minimum absolute atomic E-state index is 0.00277. The number of fused-ring (bicyclic) bond motifs is 1. The molecular formula is C14H17N3O2. The summed E-state index contributed by atoms with van der Waals surface area (Å²) < 4.78 is 5.65. The average molecular weight is 259 g/mol. The Morgan fingerprint density at radius 1 is 1.42 bits per heavy atom. The van der Waals surface area contributed by atoms with E-state index in [1.54, 1.807) is 0 Å². The van der Waals surface area contributed by atoms with Crippen molar-refractivity contribution in [3.8, 4) is 5.88 Å². The van der Waals surface area contributed by atoms with Crippen molar-refractivity contribution < 1.29 is 9.94 Å². The molecule has 0 unspecified atom stereocenters. The molecule has 0 radical (unpaired) electrons. The molecular weight excluding hydrogens is 242 g/mol. The van der Waals surface area contributed by atoms with Crippen molar-refractivity contribution in [2.45, 2.75) is 13.8 Å². The third kappa shape index (κ3) is 2.93. The Morgan fingerprint density at radius 3 is 2.84 bits per heavy atom. The Balaban J connectivity index is 2.51. The molecule has 3 N–H and O–H groups in total. The second kappa shape index (κ2) is 5.56. The first-order valence-electron chi connectivity index (χ1n) is 6.12. The van der Waals surface area contributed by atoms with E-state index in [4.69, 9.17) is 15.7 Å². The first-order valence-corrected chi connectivity index (χ1v) is 6.12. The predicted octanol–water partition coefficient (Wildman–Crippen LogP) is 2.36. The van der Waals surface area contributed by atoms with Gasteiger partial charge in [-0.05, 0) is 18.1 Å². The summed E-state index contributed by atoms with van der Waals surface area (Å²) in [7, 11) is 0. The molecule has 100 valence electrons. The minimum Gasteiger partial charge on any atom is -0.477 e. The van der Waals surface area contributed by atoms with Crippen molar-refractivity contribution in [3.05, 3.63) is 35.9 Å². The monoisotopic (exact) mass is 259 g/mol. The van der Waals surface area contributed by atoms with E-state index in [9.17, 15) is 0 Å². The zero-order chi connectivity index (χ0) is 13.8. The number of hydrogen-bond acceptors (Lipinski definition) is 4. The zero-order valence-corrected chi connectivity index (χ0v) is 11.0. The Labute approximate surface area is 111 Å². The van der Waals surface area contributed by atoms with Crippen LogP contribution in [0.25, 0.3) is 10.9 Å². The van der Waals surface area contributed by atoms with E-state index in [0.717, 1.165) is 10.9 Å². The second-order valence-corrected chi connectivity index (χ2v) is 4.72. The number of benzene rings is 1. The topological polar surface area (TPSA) is 80.7 Å². The van der Waals surface area contributed by atoms with Gasteiger partial charge in [-0.25, -0.2) is 4.98 Å². The number of nitrogens with zero attached hydrogens (tertiary/aromatic N) is 2. The van der Waals surface area contributed by atoms with Crippen molar-refractivity contribution in [2.24, 2.45) is 16.8 Å². The van der Waals surface area contributed by atoms with Crippen LogP contribution in [0.1, 0.15) is 19.4 Å². The largest absolute Gasteiger partial charge is 0.477 e. The summed E-state index contributed by atoms with van der Waals surface area (Å²) in [6.07, 6.45) is 0. The van der Waals surface area contributed by atoms with E-state index in [0.29, 0.717) is 24.0 Å². The van der Waals surface area contributed by atoms with Gasteiger partial charge in [-0.3, -0.25) is 0 Å². The molecule has 0 spiro atoms. The van der Waals surface area contributed by atoms with E-state index in [-0.39, 0.29) is 5.84 Å². The number of amidine groups is 1. The van der Waals surface area contributed by atoms with Gasteiger partial charge in [-0.2, -0.15) is 0 Å². The van der Waals surface area contributed by atoms with Crippen molar-refractivity contribution in [1.29, 1.82) is 0 Å². The molecule has 5 nitrogen and oxygen atoms in total. The van der Waals surface area contributed by atoms with Crippen LogP contribution in [0.15, 0.2) is 35.5 Å². The molecule has 0 aliphatic heterocycles. The van der Waals surface area contributed by atoms with Crippen LogP contribution in [0, 0.1) is 5.92 Å². The lowest BCUT2D eigenvalue weighted by molar-refractivity contribution is 0.261. The molecule has 1 aromatic heterocycles. The molecule has 0 bridgehead atoms. The third-order valence-corrected chi connectivity index (χ3v) is 2.63. The molecule has 0 aliphatic rings. The van der Waals surface area contributed by atoms with Gasteiger partial charge in [-0.1, -0.05) is 37.2 Å². The fourth-order valence-electron chi connectivity index (χ4n) is 1.69. The van der Waals surface area contributed by atoms with Gasteiger partial charge in [-0.15, -0.1) is 0 Å². The maximum Gasteiger partial charge on any atom is 0.225 e. The van der Waals surface area contributed by atoms with Gasteiger partial charge in [0.15, 0.2) is 5.84 Å². The van der Waals surface area contributed by atoms with Crippen LogP contribution in [0.4, 0.5) is 0 Å². The highest BCUT2D eigenvalue weighted by Crippen LogP contribution is 2.22. The molecule has 5 heteroatoms. The number of rotatable bonds is 4.